The van der Waals surface area contributed by atoms with Crippen molar-refractivity contribution < 1.29 is 32.3 Å². The molecule has 244 valence electrons. The Morgan fingerprint density at radius 3 is 2.33 bits per heavy atom. The second kappa shape index (κ2) is 14.0. The maximum Gasteiger partial charge on any atom is 0.308 e. The van der Waals surface area contributed by atoms with E-state index in [1.807, 2.05) is 18.2 Å². The van der Waals surface area contributed by atoms with Crippen LogP contribution in [-0.4, -0.2) is 93.4 Å². The number of esters is 1. The van der Waals surface area contributed by atoms with Crippen molar-refractivity contribution in [2.75, 3.05) is 58.4 Å². The van der Waals surface area contributed by atoms with Crippen LogP contribution in [0.4, 0.5) is 5.00 Å². The Labute approximate surface area is 273 Å². The molecule has 3 aliphatic rings. The monoisotopic (exact) mass is 666 g/mol. The van der Waals surface area contributed by atoms with Crippen molar-refractivity contribution in [1.29, 1.82) is 0 Å². The first-order valence-electron chi connectivity index (χ1n) is 15.5. The number of nitrogens with zero attached hydrogens (tertiary/aromatic N) is 3. The van der Waals surface area contributed by atoms with Gasteiger partial charge in [0.1, 0.15) is 5.00 Å². The Morgan fingerprint density at radius 1 is 0.957 bits per heavy atom. The van der Waals surface area contributed by atoms with Gasteiger partial charge in [0.25, 0.3) is 11.8 Å². The fraction of sp³-hybridized carbons (Fsp3) is 0.424. The van der Waals surface area contributed by atoms with Crippen molar-refractivity contribution in [3.8, 4) is 0 Å². The summed E-state index contributed by atoms with van der Waals surface area (Å²) in [7, 11) is -2.46. The van der Waals surface area contributed by atoms with Gasteiger partial charge in [-0.3, -0.25) is 19.3 Å². The van der Waals surface area contributed by atoms with Crippen LogP contribution >= 0.6 is 11.3 Å². The average molecular weight is 667 g/mol. The molecule has 13 heteroatoms. The van der Waals surface area contributed by atoms with Gasteiger partial charge < -0.3 is 19.7 Å². The van der Waals surface area contributed by atoms with E-state index in [0.717, 1.165) is 23.5 Å². The highest BCUT2D eigenvalue weighted by molar-refractivity contribution is 7.89. The Kier molecular flexibility index (Phi) is 9.85. The zero-order valence-corrected chi connectivity index (χ0v) is 27.4. The zero-order valence-electron chi connectivity index (χ0n) is 25.8. The van der Waals surface area contributed by atoms with Crippen LogP contribution in [-0.2, 0) is 43.8 Å². The quantitative estimate of drug-likeness (QED) is 0.362. The lowest BCUT2D eigenvalue weighted by Gasteiger charge is -2.29. The van der Waals surface area contributed by atoms with Crippen molar-refractivity contribution in [1.82, 2.24) is 14.1 Å². The molecular weight excluding hydrogens is 629 g/mol. The van der Waals surface area contributed by atoms with Crippen LogP contribution in [0.5, 0.6) is 0 Å². The van der Waals surface area contributed by atoms with Gasteiger partial charge in [0.05, 0.1) is 36.7 Å². The number of thiophene rings is 1. The van der Waals surface area contributed by atoms with Crippen molar-refractivity contribution in [2.45, 2.75) is 37.2 Å². The second-order valence-electron chi connectivity index (χ2n) is 11.7. The number of rotatable bonds is 8. The van der Waals surface area contributed by atoms with Gasteiger partial charge in [-0.15, -0.1) is 11.3 Å². The largest absolute Gasteiger partial charge is 0.469 e. The molecule has 0 spiro atoms. The molecular formula is C33H38N4O7S2. The fourth-order valence-corrected chi connectivity index (χ4v) is 9.02. The van der Waals surface area contributed by atoms with Gasteiger partial charge in [-0.1, -0.05) is 30.3 Å². The topological polar surface area (TPSA) is 126 Å². The number of methoxy groups -OCH3 is 1. The summed E-state index contributed by atoms with van der Waals surface area (Å²) < 4.78 is 38.2. The molecule has 1 aromatic heterocycles. The van der Waals surface area contributed by atoms with Crippen LogP contribution in [0.1, 0.15) is 49.6 Å². The summed E-state index contributed by atoms with van der Waals surface area (Å²) in [4.78, 5) is 44.5. The summed E-state index contributed by atoms with van der Waals surface area (Å²) in [6.07, 6.45) is 1.49. The van der Waals surface area contributed by atoms with E-state index >= 15 is 0 Å². The standard InChI is InChI=1S/C33H38N4O7S2/c1-43-33(40)25-11-15-37(16-12-25)46(41,42)26-9-7-24(8-10-26)30(38)34-31-29(32(39)36-17-19-44-20-18-36)27-13-14-35(22-28(27)45-31)21-23-5-3-2-4-6-23/h2-10,25H,11-22H2,1H3,(H,34,38). The summed E-state index contributed by atoms with van der Waals surface area (Å²) >= 11 is 1.43. The number of fused-ring (bicyclic) bond motifs is 1. The third-order valence-electron chi connectivity index (χ3n) is 8.87. The Bertz CT molecular complexity index is 1680. The normalized spacial score (nSPS) is 18.2. The molecule has 11 nitrogen and oxygen atoms in total. The lowest BCUT2D eigenvalue weighted by atomic mass is 9.99. The van der Waals surface area contributed by atoms with E-state index in [0.29, 0.717) is 62.7 Å². The molecule has 2 fully saturated rings. The number of hydrogen-bond donors (Lipinski definition) is 1. The maximum absolute atomic E-state index is 13.8. The summed E-state index contributed by atoms with van der Waals surface area (Å²) in [6.45, 7) is 4.65. The minimum Gasteiger partial charge on any atom is -0.469 e. The predicted molar refractivity (Wildman–Crippen MR) is 173 cm³/mol. The third-order valence-corrected chi connectivity index (χ3v) is 11.9. The van der Waals surface area contributed by atoms with Crippen LogP contribution in [0.3, 0.4) is 0 Å². The molecule has 0 saturated carbocycles. The predicted octanol–water partition coefficient (Wildman–Crippen LogP) is 3.60. The molecule has 2 aromatic carbocycles. The highest BCUT2D eigenvalue weighted by atomic mass is 32.2. The molecule has 0 unspecified atom stereocenters. The van der Waals surface area contributed by atoms with Crippen molar-refractivity contribution in [2.24, 2.45) is 5.92 Å². The minimum atomic E-state index is -3.79. The van der Waals surface area contributed by atoms with Crippen molar-refractivity contribution >= 4 is 44.1 Å². The minimum absolute atomic E-state index is 0.0776. The lowest BCUT2D eigenvalue weighted by molar-refractivity contribution is -0.146. The van der Waals surface area contributed by atoms with E-state index in [-0.39, 0.29) is 41.3 Å². The first-order chi connectivity index (χ1) is 22.2. The summed E-state index contributed by atoms with van der Waals surface area (Å²) in [5.41, 5.74) is 3.03. The van der Waals surface area contributed by atoms with Crippen LogP contribution in [0.15, 0.2) is 59.5 Å². The molecule has 2 saturated heterocycles. The number of ether oxygens (including phenoxy) is 2. The van der Waals surface area contributed by atoms with E-state index in [1.54, 1.807) is 4.90 Å². The fourth-order valence-electron chi connectivity index (χ4n) is 6.27. The van der Waals surface area contributed by atoms with Crippen LogP contribution in [0.25, 0.3) is 0 Å². The number of anilines is 1. The molecule has 2 amide bonds. The number of carbonyl (C=O) groups excluding carboxylic acids is 3. The number of benzene rings is 2. The molecule has 0 atom stereocenters. The summed E-state index contributed by atoms with van der Waals surface area (Å²) in [6, 6.07) is 16.1. The number of sulfonamides is 1. The lowest BCUT2D eigenvalue weighted by Crippen LogP contribution is -2.41. The van der Waals surface area contributed by atoms with Gasteiger partial charge in [-0.25, -0.2) is 8.42 Å². The summed E-state index contributed by atoms with van der Waals surface area (Å²) in [5, 5.41) is 3.50. The van der Waals surface area contributed by atoms with Gasteiger partial charge in [0.15, 0.2) is 0 Å². The smallest absolute Gasteiger partial charge is 0.308 e. The van der Waals surface area contributed by atoms with Gasteiger partial charge in [-0.2, -0.15) is 4.31 Å². The maximum atomic E-state index is 13.8. The molecule has 6 rings (SSSR count). The highest BCUT2D eigenvalue weighted by Crippen LogP contribution is 2.39. The van der Waals surface area contributed by atoms with E-state index in [4.69, 9.17) is 9.47 Å². The zero-order chi connectivity index (χ0) is 32.3. The first kappa shape index (κ1) is 32.3. The molecule has 0 bridgehead atoms. The van der Waals surface area contributed by atoms with Crippen LogP contribution < -0.4 is 5.32 Å². The highest BCUT2D eigenvalue weighted by Gasteiger charge is 2.34. The number of morpholine rings is 1. The Morgan fingerprint density at radius 2 is 1.65 bits per heavy atom. The van der Waals surface area contributed by atoms with Gasteiger partial charge in [-0.05, 0) is 54.7 Å². The Balaban J connectivity index is 1.19. The van der Waals surface area contributed by atoms with E-state index in [9.17, 15) is 22.8 Å². The molecule has 3 aliphatic heterocycles. The van der Waals surface area contributed by atoms with E-state index in [2.05, 4.69) is 22.3 Å². The number of nitrogens with one attached hydrogen (secondary N) is 1. The van der Waals surface area contributed by atoms with E-state index < -0.39 is 15.9 Å². The van der Waals surface area contributed by atoms with Gasteiger partial charge in [0, 0.05) is 56.3 Å². The van der Waals surface area contributed by atoms with Gasteiger partial charge >= 0.3 is 5.97 Å². The molecule has 4 heterocycles. The summed E-state index contributed by atoms with van der Waals surface area (Å²) in [5.74, 6) is -1.15. The molecule has 3 aromatic rings. The van der Waals surface area contributed by atoms with E-state index in [1.165, 1.54) is 52.6 Å². The van der Waals surface area contributed by atoms with Gasteiger partial charge in [0.2, 0.25) is 10.0 Å². The number of carbonyl (C=O) groups is 3. The molecule has 1 N–H and O–H groups in total. The molecule has 0 radical (unpaired) electrons. The second-order valence-corrected chi connectivity index (χ2v) is 14.8. The molecule has 46 heavy (non-hydrogen) atoms. The third kappa shape index (κ3) is 6.88. The molecule has 0 aliphatic carbocycles. The Hall–Kier alpha value is -3.62. The SMILES string of the molecule is COC(=O)C1CCN(S(=O)(=O)c2ccc(C(=O)Nc3sc4c(c3C(=O)N3CCOCC3)CCN(Cc3ccccc3)C4)cc2)CC1. The van der Waals surface area contributed by atoms with Crippen LogP contribution in [0.2, 0.25) is 0 Å². The number of hydrogen-bond acceptors (Lipinski definition) is 9. The number of piperidine rings is 1. The van der Waals surface area contributed by atoms with Crippen LogP contribution in [0, 0.1) is 5.92 Å². The van der Waals surface area contributed by atoms with Crippen molar-refractivity contribution in [3.05, 3.63) is 81.7 Å². The average Bonchev–Trinajstić information content (AvgIpc) is 3.45. The first-order valence-corrected chi connectivity index (χ1v) is 17.8. The number of amides is 2. The van der Waals surface area contributed by atoms with Crippen molar-refractivity contribution in [3.63, 3.8) is 0 Å².